The molecule has 0 spiro atoms. The van der Waals surface area contributed by atoms with Crippen molar-refractivity contribution < 1.29 is 4.79 Å². The van der Waals surface area contributed by atoms with Crippen LogP contribution in [0.2, 0.25) is 0 Å². The fourth-order valence-electron chi connectivity index (χ4n) is 2.85. The van der Waals surface area contributed by atoms with Crippen molar-refractivity contribution in [2.24, 2.45) is 0 Å². The molecule has 0 aliphatic rings. The number of carbonyl (C=O) groups is 1. The second-order valence-electron chi connectivity index (χ2n) is 6.27. The van der Waals surface area contributed by atoms with Gasteiger partial charge < -0.3 is 5.32 Å². The molecule has 1 N–H and O–H groups in total. The van der Waals surface area contributed by atoms with Gasteiger partial charge >= 0.3 is 0 Å². The van der Waals surface area contributed by atoms with E-state index in [1.54, 1.807) is 17.5 Å². The normalized spacial score (nSPS) is 11.2. The third-order valence-electron chi connectivity index (χ3n) is 4.11. The second kappa shape index (κ2) is 6.72. The van der Waals surface area contributed by atoms with E-state index in [1.165, 1.54) is 0 Å². The summed E-state index contributed by atoms with van der Waals surface area (Å²) in [6.07, 6.45) is 1.72. The van der Waals surface area contributed by atoms with Gasteiger partial charge in [0.1, 0.15) is 0 Å². The van der Waals surface area contributed by atoms with Gasteiger partial charge in [0.25, 0.3) is 5.91 Å². The van der Waals surface area contributed by atoms with E-state index in [-0.39, 0.29) is 11.9 Å². The second-order valence-corrected chi connectivity index (χ2v) is 7.22. The maximum atomic E-state index is 13.0. The fourth-order valence-corrected chi connectivity index (χ4v) is 3.54. The van der Waals surface area contributed by atoms with E-state index in [0.29, 0.717) is 5.56 Å². The number of hydrogen-bond acceptors (Lipinski definition) is 4. The molecule has 5 nitrogen and oxygen atoms in total. The molecular formula is C20H18N4OS. The molecule has 0 aliphatic carbocycles. The highest BCUT2D eigenvalue weighted by Crippen LogP contribution is 2.29. The number of anilines is 1. The van der Waals surface area contributed by atoms with Crippen LogP contribution in [0.25, 0.3) is 21.6 Å². The molecule has 1 aromatic carbocycles. The minimum absolute atomic E-state index is 0.156. The first kappa shape index (κ1) is 16.5. The number of hydrogen-bond donors (Lipinski definition) is 1. The van der Waals surface area contributed by atoms with Crippen LogP contribution >= 0.6 is 11.3 Å². The van der Waals surface area contributed by atoms with Crippen LogP contribution in [-0.2, 0) is 0 Å². The summed E-state index contributed by atoms with van der Waals surface area (Å²) >= 11 is 1.60. The molecule has 0 fully saturated rings. The minimum Gasteiger partial charge on any atom is -0.322 e. The Morgan fingerprint density at radius 2 is 1.96 bits per heavy atom. The minimum atomic E-state index is -0.162. The monoisotopic (exact) mass is 362 g/mol. The van der Waals surface area contributed by atoms with E-state index in [2.05, 4.69) is 24.3 Å². The summed E-state index contributed by atoms with van der Waals surface area (Å²) in [7, 11) is 0. The highest BCUT2D eigenvalue weighted by molar-refractivity contribution is 7.13. The largest absolute Gasteiger partial charge is 0.322 e. The van der Waals surface area contributed by atoms with Crippen molar-refractivity contribution in [3.8, 4) is 10.6 Å². The van der Waals surface area contributed by atoms with Gasteiger partial charge in [-0.05, 0) is 43.5 Å². The van der Waals surface area contributed by atoms with E-state index in [9.17, 15) is 4.79 Å². The number of thiophene rings is 1. The van der Waals surface area contributed by atoms with Gasteiger partial charge in [-0.2, -0.15) is 5.10 Å². The molecule has 0 saturated carbocycles. The maximum Gasteiger partial charge on any atom is 0.256 e. The van der Waals surface area contributed by atoms with Gasteiger partial charge in [-0.15, -0.1) is 11.3 Å². The Morgan fingerprint density at radius 1 is 1.15 bits per heavy atom. The lowest BCUT2D eigenvalue weighted by Crippen LogP contribution is -2.13. The molecule has 0 unspecified atom stereocenters. The predicted octanol–water partition coefficient (Wildman–Crippen LogP) is 4.99. The number of rotatable bonds is 4. The maximum absolute atomic E-state index is 13.0. The van der Waals surface area contributed by atoms with Gasteiger partial charge in [0.15, 0.2) is 5.65 Å². The molecule has 3 heterocycles. The SMILES string of the molecule is CC(C)n1ncc2c(C(=O)Nc3ccccc3)cc(-c3cccs3)nc21. The lowest BCUT2D eigenvalue weighted by Gasteiger charge is -2.10. The van der Waals surface area contributed by atoms with Gasteiger partial charge in [0.2, 0.25) is 0 Å². The number of fused-ring (bicyclic) bond motifs is 1. The highest BCUT2D eigenvalue weighted by Gasteiger charge is 2.19. The van der Waals surface area contributed by atoms with Gasteiger partial charge in [-0.1, -0.05) is 24.3 Å². The molecule has 0 aliphatic heterocycles. The first-order valence-electron chi connectivity index (χ1n) is 8.42. The Hall–Kier alpha value is -2.99. The molecule has 0 bridgehead atoms. The van der Waals surface area contributed by atoms with Crippen LogP contribution in [0.5, 0.6) is 0 Å². The fraction of sp³-hybridized carbons (Fsp3) is 0.150. The van der Waals surface area contributed by atoms with E-state index in [0.717, 1.165) is 27.3 Å². The highest BCUT2D eigenvalue weighted by atomic mass is 32.1. The quantitative estimate of drug-likeness (QED) is 0.556. The molecular weight excluding hydrogens is 344 g/mol. The van der Waals surface area contributed by atoms with E-state index in [4.69, 9.17) is 4.98 Å². The molecule has 3 aromatic heterocycles. The Bertz CT molecular complexity index is 1050. The molecule has 26 heavy (non-hydrogen) atoms. The van der Waals surface area contributed by atoms with Gasteiger partial charge in [-0.3, -0.25) is 4.79 Å². The number of nitrogens with one attached hydrogen (secondary N) is 1. The zero-order valence-electron chi connectivity index (χ0n) is 14.5. The lowest BCUT2D eigenvalue weighted by atomic mass is 10.1. The van der Waals surface area contributed by atoms with Crippen LogP contribution in [0.4, 0.5) is 5.69 Å². The number of carbonyl (C=O) groups excluding carboxylic acids is 1. The molecule has 4 rings (SSSR count). The van der Waals surface area contributed by atoms with Crippen molar-refractivity contribution in [1.82, 2.24) is 14.8 Å². The smallest absolute Gasteiger partial charge is 0.256 e. The third kappa shape index (κ3) is 2.99. The number of benzene rings is 1. The average molecular weight is 362 g/mol. The average Bonchev–Trinajstić information content (AvgIpc) is 3.31. The molecule has 130 valence electrons. The van der Waals surface area contributed by atoms with Crippen LogP contribution in [0, 0.1) is 0 Å². The molecule has 0 radical (unpaired) electrons. The van der Waals surface area contributed by atoms with Crippen LogP contribution in [0.1, 0.15) is 30.2 Å². The van der Waals surface area contributed by atoms with Crippen LogP contribution in [0.15, 0.2) is 60.1 Å². The summed E-state index contributed by atoms with van der Waals surface area (Å²) in [6.45, 7) is 4.10. The summed E-state index contributed by atoms with van der Waals surface area (Å²) in [5, 5.41) is 10.2. The van der Waals surface area contributed by atoms with Gasteiger partial charge in [-0.25, -0.2) is 9.67 Å². The number of para-hydroxylation sites is 1. The Kier molecular flexibility index (Phi) is 4.26. The van der Waals surface area contributed by atoms with Crippen LogP contribution < -0.4 is 5.32 Å². The van der Waals surface area contributed by atoms with Gasteiger partial charge in [0, 0.05) is 11.7 Å². The van der Waals surface area contributed by atoms with E-state index < -0.39 is 0 Å². The first-order valence-corrected chi connectivity index (χ1v) is 9.30. The van der Waals surface area contributed by atoms with E-state index in [1.807, 2.05) is 58.6 Å². The summed E-state index contributed by atoms with van der Waals surface area (Å²) in [5.41, 5.74) is 2.85. The Labute approximate surface area is 155 Å². The molecule has 0 atom stereocenters. The number of amides is 1. The number of nitrogens with zero attached hydrogens (tertiary/aromatic N) is 3. The van der Waals surface area contributed by atoms with Crippen molar-refractivity contribution in [3.05, 3.63) is 65.7 Å². The molecule has 4 aromatic rings. The molecule has 0 saturated heterocycles. The Morgan fingerprint density at radius 3 is 2.65 bits per heavy atom. The van der Waals surface area contributed by atoms with Crippen molar-refractivity contribution in [2.75, 3.05) is 5.32 Å². The zero-order chi connectivity index (χ0) is 18.1. The van der Waals surface area contributed by atoms with Crippen molar-refractivity contribution in [3.63, 3.8) is 0 Å². The number of pyridine rings is 1. The summed E-state index contributed by atoms with van der Waals surface area (Å²) in [6, 6.07) is 15.4. The summed E-state index contributed by atoms with van der Waals surface area (Å²) in [4.78, 5) is 18.8. The summed E-state index contributed by atoms with van der Waals surface area (Å²) in [5.74, 6) is -0.162. The standard InChI is InChI=1S/C20H18N4OS/c1-13(2)24-19-16(12-21-24)15(11-17(23-19)18-9-6-10-26-18)20(25)22-14-7-4-3-5-8-14/h3-13H,1-2H3,(H,22,25). The zero-order valence-corrected chi connectivity index (χ0v) is 15.3. The summed E-state index contributed by atoms with van der Waals surface area (Å²) < 4.78 is 1.85. The van der Waals surface area contributed by atoms with Crippen LogP contribution in [-0.4, -0.2) is 20.7 Å². The van der Waals surface area contributed by atoms with Crippen molar-refractivity contribution >= 4 is 34.0 Å². The topological polar surface area (TPSA) is 59.8 Å². The van der Waals surface area contributed by atoms with Gasteiger partial charge in [0.05, 0.1) is 27.7 Å². The lowest BCUT2D eigenvalue weighted by molar-refractivity contribution is 0.102. The third-order valence-corrected chi connectivity index (χ3v) is 5.00. The molecule has 6 heteroatoms. The van der Waals surface area contributed by atoms with Crippen molar-refractivity contribution in [2.45, 2.75) is 19.9 Å². The van der Waals surface area contributed by atoms with Crippen molar-refractivity contribution in [1.29, 1.82) is 0 Å². The Balaban J connectivity index is 1.85. The number of aromatic nitrogens is 3. The van der Waals surface area contributed by atoms with E-state index >= 15 is 0 Å². The van der Waals surface area contributed by atoms with Crippen LogP contribution in [0.3, 0.4) is 0 Å². The first-order chi connectivity index (χ1) is 12.6. The molecule has 1 amide bonds. The predicted molar refractivity (Wildman–Crippen MR) is 106 cm³/mol.